The molecule has 2 aliphatic rings. The van der Waals surface area contributed by atoms with Crippen molar-refractivity contribution in [3.8, 4) is 0 Å². The predicted octanol–water partition coefficient (Wildman–Crippen LogP) is 2.07. The molecule has 1 unspecified atom stereocenters. The fourth-order valence-electron chi connectivity index (χ4n) is 3.52. The first-order valence-corrected chi connectivity index (χ1v) is 10.2. The normalized spacial score (nSPS) is 21.6. The summed E-state index contributed by atoms with van der Waals surface area (Å²) in [7, 11) is 0. The van der Waals surface area contributed by atoms with Crippen molar-refractivity contribution in [3.05, 3.63) is 35.4 Å². The van der Waals surface area contributed by atoms with E-state index >= 15 is 0 Å². The maximum atomic E-state index is 12.1. The molecule has 5 nitrogen and oxygen atoms in total. The Hall–Kier alpha value is -1.53. The van der Waals surface area contributed by atoms with Crippen LogP contribution in [0.25, 0.3) is 0 Å². The van der Waals surface area contributed by atoms with E-state index in [0.717, 1.165) is 31.1 Å². The fraction of sp³-hybridized carbons (Fsp3) is 0.579. The van der Waals surface area contributed by atoms with Gasteiger partial charge in [-0.25, -0.2) is 0 Å². The number of benzene rings is 1. The molecule has 6 heteroatoms. The topological polar surface area (TPSA) is 52.7 Å². The average molecular weight is 362 g/mol. The minimum Gasteiger partial charge on any atom is -0.350 e. The maximum Gasteiger partial charge on any atom is 0.239 e. The lowest BCUT2D eigenvalue weighted by atomic mass is 9.99. The highest BCUT2D eigenvalue weighted by Gasteiger charge is 2.23. The van der Waals surface area contributed by atoms with Crippen LogP contribution in [0.3, 0.4) is 0 Å². The highest BCUT2D eigenvalue weighted by atomic mass is 32.2. The number of nitrogens with one attached hydrogen (secondary N) is 1. The van der Waals surface area contributed by atoms with Crippen LogP contribution in [-0.4, -0.2) is 52.9 Å². The molecule has 0 aromatic heterocycles. The molecule has 2 aliphatic heterocycles. The Kier molecular flexibility index (Phi) is 6.37. The van der Waals surface area contributed by atoms with Gasteiger partial charge >= 0.3 is 0 Å². The van der Waals surface area contributed by atoms with E-state index in [9.17, 15) is 9.59 Å². The number of piperidine rings is 1. The minimum atomic E-state index is -0.0859. The number of carbonyl (C=O) groups excluding carboxylic acids is 2. The van der Waals surface area contributed by atoms with Crippen molar-refractivity contribution in [2.24, 2.45) is 5.92 Å². The second kappa shape index (κ2) is 8.72. The smallest absolute Gasteiger partial charge is 0.239 e. The van der Waals surface area contributed by atoms with Crippen molar-refractivity contribution in [2.45, 2.75) is 32.9 Å². The summed E-state index contributed by atoms with van der Waals surface area (Å²) in [6.45, 7) is 6.24. The van der Waals surface area contributed by atoms with E-state index in [1.165, 1.54) is 18.4 Å². The molecule has 1 aromatic carbocycles. The van der Waals surface area contributed by atoms with E-state index < -0.39 is 0 Å². The zero-order valence-corrected chi connectivity index (χ0v) is 15.7. The van der Waals surface area contributed by atoms with Gasteiger partial charge in [0.2, 0.25) is 11.8 Å². The number of carbonyl (C=O) groups is 2. The summed E-state index contributed by atoms with van der Waals surface area (Å²) >= 11 is 1.56. The zero-order valence-electron chi connectivity index (χ0n) is 14.9. The van der Waals surface area contributed by atoms with Gasteiger partial charge in [-0.2, -0.15) is 0 Å². The first-order valence-electron chi connectivity index (χ1n) is 9.03. The average Bonchev–Trinajstić information content (AvgIpc) is 2.99. The highest BCUT2D eigenvalue weighted by Crippen LogP contribution is 2.19. The van der Waals surface area contributed by atoms with Gasteiger partial charge in [0.15, 0.2) is 0 Å². The molecular formula is C19H27N3O2S. The van der Waals surface area contributed by atoms with Crippen molar-refractivity contribution >= 4 is 23.6 Å². The number of likely N-dealkylation sites (tertiary alicyclic amines) is 1. The van der Waals surface area contributed by atoms with Crippen LogP contribution in [-0.2, 0) is 22.7 Å². The number of hydrogen-bond acceptors (Lipinski definition) is 4. The number of nitrogens with zero attached hydrogens (tertiary/aromatic N) is 2. The van der Waals surface area contributed by atoms with Crippen molar-refractivity contribution in [2.75, 3.05) is 31.3 Å². The second-order valence-electron chi connectivity index (χ2n) is 7.10. The third-order valence-electron chi connectivity index (χ3n) is 4.89. The SMILES string of the molecule is CC1CCCN(Cc2ccccc2CNC(=O)CN2CSCC2=O)C1. The molecule has 2 fully saturated rings. The highest BCUT2D eigenvalue weighted by molar-refractivity contribution is 8.00. The lowest BCUT2D eigenvalue weighted by Gasteiger charge is -2.31. The molecule has 2 amide bonds. The largest absolute Gasteiger partial charge is 0.350 e. The second-order valence-corrected chi connectivity index (χ2v) is 8.05. The minimum absolute atomic E-state index is 0.0553. The first kappa shape index (κ1) is 18.3. The Morgan fingerprint density at radius 2 is 2.12 bits per heavy atom. The van der Waals surface area contributed by atoms with E-state index in [-0.39, 0.29) is 18.4 Å². The van der Waals surface area contributed by atoms with E-state index in [1.807, 2.05) is 6.07 Å². The molecule has 0 saturated carbocycles. The lowest BCUT2D eigenvalue weighted by Crippen LogP contribution is -2.38. The standard InChI is InChI=1S/C19H27N3O2S/c1-15-5-4-8-21(10-15)11-17-7-3-2-6-16(17)9-20-18(23)12-22-14-25-13-19(22)24/h2-3,6-7,15H,4-5,8-14H2,1H3,(H,20,23). The molecule has 0 spiro atoms. The van der Waals surface area contributed by atoms with Crippen LogP contribution in [0.2, 0.25) is 0 Å². The zero-order chi connectivity index (χ0) is 17.6. The van der Waals surface area contributed by atoms with Gasteiger partial charge in [-0.3, -0.25) is 14.5 Å². The summed E-state index contributed by atoms with van der Waals surface area (Å²) in [4.78, 5) is 27.9. The molecule has 1 aromatic rings. The monoisotopic (exact) mass is 361 g/mol. The maximum absolute atomic E-state index is 12.1. The molecule has 0 aliphatic carbocycles. The van der Waals surface area contributed by atoms with Crippen LogP contribution in [0.5, 0.6) is 0 Å². The number of thioether (sulfide) groups is 1. The fourth-order valence-corrected chi connectivity index (χ4v) is 4.42. The van der Waals surface area contributed by atoms with E-state index in [4.69, 9.17) is 0 Å². The quantitative estimate of drug-likeness (QED) is 0.843. The summed E-state index contributed by atoms with van der Waals surface area (Å²) in [5.41, 5.74) is 2.45. The molecule has 136 valence electrons. The molecule has 2 saturated heterocycles. The molecule has 0 radical (unpaired) electrons. The van der Waals surface area contributed by atoms with Gasteiger partial charge in [0, 0.05) is 19.6 Å². The predicted molar refractivity (Wildman–Crippen MR) is 101 cm³/mol. The van der Waals surface area contributed by atoms with E-state index in [2.05, 4.69) is 35.3 Å². The Bertz CT molecular complexity index is 622. The van der Waals surface area contributed by atoms with Crippen molar-refractivity contribution in [3.63, 3.8) is 0 Å². The van der Waals surface area contributed by atoms with Gasteiger partial charge in [-0.05, 0) is 36.4 Å². The number of hydrogen-bond donors (Lipinski definition) is 1. The van der Waals surface area contributed by atoms with Crippen molar-refractivity contribution < 1.29 is 9.59 Å². The Labute approximate surface area is 154 Å². The van der Waals surface area contributed by atoms with E-state index in [0.29, 0.717) is 18.2 Å². The number of rotatable bonds is 6. The van der Waals surface area contributed by atoms with Crippen LogP contribution in [0, 0.1) is 5.92 Å². The Morgan fingerprint density at radius 3 is 2.84 bits per heavy atom. The van der Waals surface area contributed by atoms with Gasteiger partial charge < -0.3 is 10.2 Å². The van der Waals surface area contributed by atoms with Gasteiger partial charge in [0.25, 0.3) is 0 Å². The van der Waals surface area contributed by atoms with Gasteiger partial charge in [-0.15, -0.1) is 11.8 Å². The summed E-state index contributed by atoms with van der Waals surface area (Å²) < 4.78 is 0. The molecular weight excluding hydrogens is 334 g/mol. The third-order valence-corrected chi connectivity index (χ3v) is 5.83. The molecule has 3 rings (SSSR count). The van der Waals surface area contributed by atoms with Crippen LogP contribution in [0.15, 0.2) is 24.3 Å². The third kappa shape index (κ3) is 5.22. The van der Waals surface area contributed by atoms with Crippen LogP contribution < -0.4 is 5.32 Å². The van der Waals surface area contributed by atoms with Crippen LogP contribution in [0.4, 0.5) is 0 Å². The first-order chi connectivity index (χ1) is 12.1. The summed E-state index contributed by atoms with van der Waals surface area (Å²) in [5.74, 6) is 1.84. The lowest BCUT2D eigenvalue weighted by molar-refractivity contribution is -0.132. The Morgan fingerprint density at radius 1 is 1.32 bits per heavy atom. The molecule has 25 heavy (non-hydrogen) atoms. The van der Waals surface area contributed by atoms with Crippen molar-refractivity contribution in [1.29, 1.82) is 0 Å². The van der Waals surface area contributed by atoms with Crippen LogP contribution >= 0.6 is 11.8 Å². The van der Waals surface area contributed by atoms with Gasteiger partial charge in [-0.1, -0.05) is 31.2 Å². The molecule has 1 atom stereocenters. The van der Waals surface area contributed by atoms with Gasteiger partial charge in [0.1, 0.15) is 6.54 Å². The number of amides is 2. The summed E-state index contributed by atoms with van der Waals surface area (Å²) in [5, 5.41) is 2.97. The summed E-state index contributed by atoms with van der Waals surface area (Å²) in [6, 6.07) is 8.32. The van der Waals surface area contributed by atoms with Crippen LogP contribution in [0.1, 0.15) is 30.9 Å². The summed E-state index contributed by atoms with van der Waals surface area (Å²) in [6.07, 6.45) is 2.59. The van der Waals surface area contributed by atoms with E-state index in [1.54, 1.807) is 16.7 Å². The van der Waals surface area contributed by atoms with Crippen molar-refractivity contribution in [1.82, 2.24) is 15.1 Å². The van der Waals surface area contributed by atoms with Gasteiger partial charge in [0.05, 0.1) is 11.6 Å². The molecule has 2 heterocycles. The molecule has 1 N–H and O–H groups in total. The molecule has 0 bridgehead atoms. The Balaban J connectivity index is 1.53.